The van der Waals surface area contributed by atoms with Crippen LogP contribution in [-0.4, -0.2) is 62.4 Å². The number of nitrogens with zero attached hydrogens (tertiary/aromatic N) is 5. The highest BCUT2D eigenvalue weighted by atomic mass is 32.2. The van der Waals surface area contributed by atoms with Crippen molar-refractivity contribution in [2.24, 2.45) is 0 Å². The second kappa shape index (κ2) is 7.36. The number of nitrogens with one attached hydrogen (secondary N) is 1. The van der Waals surface area contributed by atoms with Gasteiger partial charge in [0.15, 0.2) is 5.58 Å². The molecular formula is C17H20N6O2S. The van der Waals surface area contributed by atoms with Gasteiger partial charge >= 0.3 is 0 Å². The topological polar surface area (TPSA) is 91.2 Å². The Balaban J connectivity index is 1.39. The van der Waals surface area contributed by atoms with Crippen LogP contribution in [0.25, 0.3) is 11.1 Å². The zero-order valence-electron chi connectivity index (χ0n) is 14.5. The fourth-order valence-corrected chi connectivity index (χ4v) is 3.97. The van der Waals surface area contributed by atoms with Crippen LogP contribution in [-0.2, 0) is 4.79 Å². The predicted molar refractivity (Wildman–Crippen MR) is 99.1 cm³/mol. The quantitative estimate of drug-likeness (QED) is 0.686. The molecule has 0 unspecified atom stereocenters. The molecule has 1 aromatic carbocycles. The minimum atomic E-state index is -0.195. The lowest BCUT2D eigenvalue weighted by atomic mass is 10.2. The van der Waals surface area contributed by atoms with E-state index in [1.807, 2.05) is 36.1 Å². The van der Waals surface area contributed by atoms with E-state index in [-0.39, 0.29) is 11.2 Å². The number of thioether (sulfide) groups is 1. The molecule has 8 nitrogen and oxygen atoms in total. The van der Waals surface area contributed by atoms with E-state index in [0.29, 0.717) is 18.3 Å². The lowest BCUT2D eigenvalue weighted by Gasteiger charge is -2.35. The van der Waals surface area contributed by atoms with Gasteiger partial charge in [0, 0.05) is 26.2 Å². The lowest BCUT2D eigenvalue weighted by molar-refractivity contribution is -0.130. The van der Waals surface area contributed by atoms with E-state index in [4.69, 9.17) is 4.42 Å². The maximum absolute atomic E-state index is 12.9. The molecule has 1 amide bonds. The van der Waals surface area contributed by atoms with Crippen molar-refractivity contribution in [1.29, 1.82) is 0 Å². The molecule has 0 bridgehead atoms. The minimum Gasteiger partial charge on any atom is -0.431 e. The van der Waals surface area contributed by atoms with E-state index in [0.717, 1.165) is 36.6 Å². The summed E-state index contributed by atoms with van der Waals surface area (Å²) in [6.45, 7) is 4.84. The maximum Gasteiger partial charge on any atom is 0.257 e. The van der Waals surface area contributed by atoms with Gasteiger partial charge in [-0.2, -0.15) is 10.1 Å². The summed E-state index contributed by atoms with van der Waals surface area (Å²) in [5, 5.41) is 7.10. The molecule has 26 heavy (non-hydrogen) atoms. The number of rotatable bonds is 5. The molecule has 1 atom stereocenters. The Bertz CT molecular complexity index is 839. The van der Waals surface area contributed by atoms with E-state index in [2.05, 4.69) is 25.1 Å². The highest BCUT2D eigenvalue weighted by molar-refractivity contribution is 8.00. The van der Waals surface area contributed by atoms with E-state index in [1.165, 1.54) is 18.1 Å². The number of amides is 1. The van der Waals surface area contributed by atoms with Crippen molar-refractivity contribution in [3.8, 4) is 0 Å². The Hall–Kier alpha value is -2.55. The maximum atomic E-state index is 12.9. The minimum absolute atomic E-state index is 0.136. The number of piperazine rings is 1. The molecule has 1 saturated heterocycles. The molecule has 9 heteroatoms. The van der Waals surface area contributed by atoms with Gasteiger partial charge in [-0.15, -0.1) is 0 Å². The Morgan fingerprint density at radius 1 is 1.31 bits per heavy atom. The van der Waals surface area contributed by atoms with Crippen molar-refractivity contribution >= 4 is 34.7 Å². The molecule has 2 aromatic heterocycles. The van der Waals surface area contributed by atoms with Gasteiger partial charge in [-0.3, -0.25) is 4.79 Å². The summed E-state index contributed by atoms with van der Waals surface area (Å²) in [6, 6.07) is 7.64. The first-order chi connectivity index (χ1) is 12.7. The highest BCUT2D eigenvalue weighted by Gasteiger charge is 2.29. The first-order valence-electron chi connectivity index (χ1n) is 8.66. The van der Waals surface area contributed by atoms with Crippen LogP contribution < -0.4 is 4.90 Å². The van der Waals surface area contributed by atoms with E-state index in [9.17, 15) is 4.79 Å². The number of hydrogen-bond acceptors (Lipinski definition) is 7. The molecule has 1 aliphatic rings. The third-order valence-corrected chi connectivity index (χ3v) is 5.65. The number of oxazole rings is 1. The van der Waals surface area contributed by atoms with Crippen molar-refractivity contribution in [3.63, 3.8) is 0 Å². The molecule has 0 saturated carbocycles. The van der Waals surface area contributed by atoms with Crippen LogP contribution in [0.2, 0.25) is 0 Å². The summed E-state index contributed by atoms with van der Waals surface area (Å²) in [6.07, 6.45) is 2.22. The van der Waals surface area contributed by atoms with Crippen molar-refractivity contribution in [3.05, 3.63) is 30.6 Å². The summed E-state index contributed by atoms with van der Waals surface area (Å²) in [5.41, 5.74) is 1.57. The van der Waals surface area contributed by atoms with Gasteiger partial charge in [-0.1, -0.05) is 30.8 Å². The summed E-state index contributed by atoms with van der Waals surface area (Å²) >= 11 is 1.40. The average Bonchev–Trinajstić information content (AvgIpc) is 3.35. The standard InChI is InChI=1S/C17H20N6O2S/c1-2-14(26-17-20-12-5-3-4-6-13(12)25-17)15(24)22-7-9-23(10-8-22)16-18-11-19-21-16/h3-6,11,14H,2,7-10H2,1H3,(H,18,19,21)/t14-/m1/s1. The molecule has 1 fully saturated rings. The monoisotopic (exact) mass is 372 g/mol. The number of carbonyl (C=O) groups is 1. The number of fused-ring (bicyclic) bond motifs is 1. The number of aromatic amines is 1. The number of para-hydroxylation sites is 2. The van der Waals surface area contributed by atoms with Gasteiger partial charge in [-0.05, 0) is 18.6 Å². The lowest BCUT2D eigenvalue weighted by Crippen LogP contribution is -2.51. The van der Waals surface area contributed by atoms with Crippen LogP contribution in [0.3, 0.4) is 0 Å². The van der Waals surface area contributed by atoms with E-state index in [1.54, 1.807) is 0 Å². The van der Waals surface area contributed by atoms with Gasteiger partial charge < -0.3 is 14.2 Å². The molecule has 4 rings (SSSR count). The zero-order valence-corrected chi connectivity index (χ0v) is 15.3. The second-order valence-corrected chi connectivity index (χ2v) is 7.24. The first-order valence-corrected chi connectivity index (χ1v) is 9.54. The molecule has 0 aliphatic carbocycles. The van der Waals surface area contributed by atoms with Crippen molar-refractivity contribution in [2.75, 3.05) is 31.1 Å². The van der Waals surface area contributed by atoms with Gasteiger partial charge in [0.2, 0.25) is 11.9 Å². The average molecular weight is 372 g/mol. The molecule has 136 valence electrons. The van der Waals surface area contributed by atoms with E-state index >= 15 is 0 Å². The predicted octanol–water partition coefficient (Wildman–Crippen LogP) is 2.17. The van der Waals surface area contributed by atoms with E-state index < -0.39 is 0 Å². The number of aromatic nitrogens is 4. The zero-order chi connectivity index (χ0) is 17.9. The van der Waals surface area contributed by atoms with Crippen LogP contribution in [0.1, 0.15) is 13.3 Å². The Kier molecular flexibility index (Phi) is 4.79. The molecule has 1 N–H and O–H groups in total. The number of hydrogen-bond donors (Lipinski definition) is 1. The van der Waals surface area contributed by atoms with Crippen LogP contribution in [0.15, 0.2) is 40.2 Å². The summed E-state index contributed by atoms with van der Waals surface area (Å²) in [5.74, 6) is 0.891. The number of benzene rings is 1. The van der Waals surface area contributed by atoms with Crippen LogP contribution >= 0.6 is 11.8 Å². The SMILES string of the molecule is CC[C@@H](Sc1nc2ccccc2o1)C(=O)N1CCN(c2ncn[nH]2)CC1. The number of carbonyl (C=O) groups excluding carboxylic acids is 1. The summed E-state index contributed by atoms with van der Waals surface area (Å²) < 4.78 is 5.76. The van der Waals surface area contributed by atoms with Gasteiger partial charge in [0.1, 0.15) is 11.8 Å². The third kappa shape index (κ3) is 3.39. The normalized spacial score (nSPS) is 16.2. The van der Waals surface area contributed by atoms with Crippen LogP contribution in [0.4, 0.5) is 5.95 Å². The molecule has 0 spiro atoms. The fraction of sp³-hybridized carbons (Fsp3) is 0.412. The summed E-state index contributed by atoms with van der Waals surface area (Å²) in [4.78, 5) is 25.6. The molecule has 0 radical (unpaired) electrons. The Morgan fingerprint density at radius 2 is 2.12 bits per heavy atom. The van der Waals surface area contributed by atoms with Crippen molar-refractivity contribution < 1.29 is 9.21 Å². The molecular weight excluding hydrogens is 352 g/mol. The largest absolute Gasteiger partial charge is 0.431 e. The van der Waals surface area contributed by atoms with Gasteiger partial charge in [-0.25, -0.2) is 10.1 Å². The van der Waals surface area contributed by atoms with Crippen molar-refractivity contribution in [2.45, 2.75) is 23.8 Å². The third-order valence-electron chi connectivity index (χ3n) is 4.46. The Labute approximate surface area is 155 Å². The molecule has 3 aromatic rings. The van der Waals surface area contributed by atoms with Crippen LogP contribution in [0.5, 0.6) is 0 Å². The highest BCUT2D eigenvalue weighted by Crippen LogP contribution is 2.29. The first kappa shape index (κ1) is 16.9. The van der Waals surface area contributed by atoms with Crippen LogP contribution in [0, 0.1) is 0 Å². The summed E-state index contributed by atoms with van der Waals surface area (Å²) in [7, 11) is 0. The van der Waals surface area contributed by atoms with Gasteiger partial charge in [0.25, 0.3) is 5.22 Å². The van der Waals surface area contributed by atoms with Crippen molar-refractivity contribution in [1.82, 2.24) is 25.1 Å². The van der Waals surface area contributed by atoms with Gasteiger partial charge in [0.05, 0.1) is 5.25 Å². The number of H-pyrrole nitrogens is 1. The smallest absolute Gasteiger partial charge is 0.257 e. The number of anilines is 1. The second-order valence-electron chi connectivity index (χ2n) is 6.08. The fourth-order valence-electron chi connectivity index (χ4n) is 3.03. The molecule has 1 aliphatic heterocycles. The Morgan fingerprint density at radius 3 is 2.81 bits per heavy atom. The molecule has 3 heterocycles.